The normalized spacial score (nSPS) is 12.6. The van der Waals surface area contributed by atoms with Gasteiger partial charge in [0.2, 0.25) is 0 Å². The van der Waals surface area contributed by atoms with E-state index in [1.54, 1.807) is 0 Å². The Labute approximate surface area is 160 Å². The SMILES string of the molecule is Cn1c(C(C#N)C(=O)COc2ccc(C(C)(C)C)cc2)cc2ccccc21. The summed E-state index contributed by atoms with van der Waals surface area (Å²) in [5.41, 5.74) is 2.95. The fourth-order valence-electron chi connectivity index (χ4n) is 3.18. The fraction of sp³-hybridized carbons (Fsp3) is 0.304. The lowest BCUT2D eigenvalue weighted by molar-refractivity contribution is -0.121. The molecule has 0 aliphatic carbocycles. The van der Waals surface area contributed by atoms with Gasteiger partial charge >= 0.3 is 0 Å². The molecule has 0 aliphatic rings. The Balaban J connectivity index is 1.74. The summed E-state index contributed by atoms with van der Waals surface area (Å²) >= 11 is 0. The predicted molar refractivity (Wildman–Crippen MR) is 107 cm³/mol. The van der Waals surface area contributed by atoms with Crippen molar-refractivity contribution in [3.63, 3.8) is 0 Å². The molecule has 0 saturated heterocycles. The Morgan fingerprint density at radius 3 is 2.41 bits per heavy atom. The first-order valence-corrected chi connectivity index (χ1v) is 9.01. The van der Waals surface area contributed by atoms with Crippen LogP contribution in [0.1, 0.15) is 37.9 Å². The van der Waals surface area contributed by atoms with Crippen LogP contribution in [-0.4, -0.2) is 17.0 Å². The number of fused-ring (bicyclic) bond motifs is 1. The van der Waals surface area contributed by atoms with E-state index >= 15 is 0 Å². The first-order valence-electron chi connectivity index (χ1n) is 9.01. The van der Waals surface area contributed by atoms with Crippen molar-refractivity contribution >= 4 is 16.7 Å². The number of nitrogens with zero attached hydrogens (tertiary/aromatic N) is 2. The molecule has 1 aromatic heterocycles. The smallest absolute Gasteiger partial charge is 0.193 e. The van der Waals surface area contributed by atoms with Gasteiger partial charge in [0.15, 0.2) is 5.78 Å². The molecule has 4 heteroatoms. The molecule has 0 spiro atoms. The highest BCUT2D eigenvalue weighted by atomic mass is 16.5. The van der Waals surface area contributed by atoms with E-state index in [2.05, 4.69) is 26.8 Å². The van der Waals surface area contributed by atoms with Gasteiger partial charge in [0.1, 0.15) is 18.3 Å². The molecule has 3 rings (SSSR count). The molecule has 2 aromatic carbocycles. The summed E-state index contributed by atoms with van der Waals surface area (Å²) in [6.45, 7) is 6.31. The Morgan fingerprint density at radius 2 is 1.81 bits per heavy atom. The average Bonchev–Trinajstić information content (AvgIpc) is 2.97. The highest BCUT2D eigenvalue weighted by molar-refractivity contribution is 5.91. The van der Waals surface area contributed by atoms with E-state index in [4.69, 9.17) is 4.74 Å². The average molecular weight is 360 g/mol. The Bertz CT molecular complexity index is 1000. The summed E-state index contributed by atoms with van der Waals surface area (Å²) < 4.78 is 7.55. The van der Waals surface area contributed by atoms with Crippen LogP contribution in [-0.2, 0) is 17.3 Å². The molecule has 1 atom stereocenters. The minimum Gasteiger partial charge on any atom is -0.486 e. The van der Waals surface area contributed by atoms with Gasteiger partial charge in [-0.2, -0.15) is 5.26 Å². The zero-order chi connectivity index (χ0) is 19.6. The van der Waals surface area contributed by atoms with E-state index in [0.29, 0.717) is 11.4 Å². The number of nitriles is 1. The van der Waals surface area contributed by atoms with E-state index in [9.17, 15) is 10.1 Å². The molecule has 4 nitrogen and oxygen atoms in total. The van der Waals surface area contributed by atoms with Crippen molar-refractivity contribution in [2.24, 2.45) is 7.05 Å². The van der Waals surface area contributed by atoms with Crippen molar-refractivity contribution < 1.29 is 9.53 Å². The molecule has 0 radical (unpaired) electrons. The van der Waals surface area contributed by atoms with Gasteiger partial charge in [0.25, 0.3) is 0 Å². The van der Waals surface area contributed by atoms with Gasteiger partial charge in [0, 0.05) is 18.3 Å². The van der Waals surface area contributed by atoms with Gasteiger partial charge in [-0.05, 0) is 40.6 Å². The van der Waals surface area contributed by atoms with E-state index < -0.39 is 5.92 Å². The van der Waals surface area contributed by atoms with Crippen molar-refractivity contribution in [1.82, 2.24) is 4.57 Å². The third-order valence-electron chi connectivity index (χ3n) is 4.84. The van der Waals surface area contributed by atoms with Crippen LogP contribution in [0.3, 0.4) is 0 Å². The lowest BCUT2D eigenvalue weighted by atomic mass is 9.87. The Hall–Kier alpha value is -3.06. The molecule has 0 N–H and O–H groups in total. The van der Waals surface area contributed by atoms with E-state index in [-0.39, 0.29) is 17.8 Å². The first kappa shape index (κ1) is 18.7. The maximum atomic E-state index is 12.6. The summed E-state index contributed by atoms with van der Waals surface area (Å²) in [5.74, 6) is -0.468. The molecule has 1 heterocycles. The van der Waals surface area contributed by atoms with Gasteiger partial charge in [-0.3, -0.25) is 4.79 Å². The first-order chi connectivity index (χ1) is 12.8. The monoisotopic (exact) mass is 360 g/mol. The number of aromatic nitrogens is 1. The molecule has 3 aromatic rings. The van der Waals surface area contributed by atoms with Crippen molar-refractivity contribution in [3.8, 4) is 11.8 Å². The number of carbonyl (C=O) groups excluding carboxylic acids is 1. The summed E-state index contributed by atoms with van der Waals surface area (Å²) in [6.07, 6.45) is 0. The summed E-state index contributed by atoms with van der Waals surface area (Å²) in [7, 11) is 1.88. The van der Waals surface area contributed by atoms with Gasteiger partial charge in [-0.1, -0.05) is 51.1 Å². The third-order valence-corrected chi connectivity index (χ3v) is 4.84. The molecule has 0 saturated carbocycles. The Morgan fingerprint density at radius 1 is 1.15 bits per heavy atom. The number of aryl methyl sites for hydroxylation is 1. The molecule has 27 heavy (non-hydrogen) atoms. The molecule has 138 valence electrons. The van der Waals surface area contributed by atoms with Gasteiger partial charge in [-0.25, -0.2) is 0 Å². The Kier molecular flexibility index (Phi) is 5.05. The maximum Gasteiger partial charge on any atom is 0.193 e. The van der Waals surface area contributed by atoms with E-state index in [1.807, 2.05) is 66.2 Å². The summed E-state index contributed by atoms with van der Waals surface area (Å²) in [6, 6.07) is 19.6. The number of rotatable bonds is 5. The maximum absolute atomic E-state index is 12.6. The topological polar surface area (TPSA) is 55.0 Å². The highest BCUT2D eigenvalue weighted by Gasteiger charge is 2.24. The number of hydrogen-bond donors (Lipinski definition) is 0. The molecule has 0 amide bonds. The van der Waals surface area contributed by atoms with Crippen LogP contribution in [0.4, 0.5) is 0 Å². The van der Waals surface area contributed by atoms with Crippen LogP contribution in [0, 0.1) is 11.3 Å². The minimum atomic E-state index is -0.851. The van der Waals surface area contributed by atoms with Gasteiger partial charge in [-0.15, -0.1) is 0 Å². The quantitative estimate of drug-likeness (QED) is 0.661. The third kappa shape index (κ3) is 3.88. The van der Waals surface area contributed by atoms with Crippen molar-refractivity contribution in [3.05, 3.63) is 65.9 Å². The molecule has 0 aliphatic heterocycles. The number of ether oxygens (including phenoxy) is 1. The van der Waals surface area contributed by atoms with Crippen molar-refractivity contribution in [1.29, 1.82) is 5.26 Å². The van der Waals surface area contributed by atoms with Crippen LogP contribution in [0.5, 0.6) is 5.75 Å². The predicted octanol–water partition coefficient (Wildman–Crippen LogP) is 4.73. The van der Waals surface area contributed by atoms with Crippen LogP contribution in [0.2, 0.25) is 0 Å². The standard InChI is InChI=1S/C23H24N2O2/c1-23(2,3)17-9-11-18(12-10-17)27-15-22(26)19(14-24)21-13-16-7-5-6-8-20(16)25(21)4/h5-13,19H,15H2,1-4H3. The minimum absolute atomic E-state index is 0.0643. The second-order valence-corrected chi connectivity index (χ2v) is 7.78. The highest BCUT2D eigenvalue weighted by Crippen LogP contribution is 2.26. The van der Waals surface area contributed by atoms with Crippen LogP contribution < -0.4 is 4.74 Å². The van der Waals surface area contributed by atoms with Gasteiger partial charge in [0.05, 0.1) is 6.07 Å². The number of Topliss-reactive ketones (excluding diaryl/α,β-unsaturated/α-hetero) is 1. The van der Waals surface area contributed by atoms with Crippen LogP contribution in [0.25, 0.3) is 10.9 Å². The number of para-hydroxylation sites is 1. The van der Waals surface area contributed by atoms with Crippen LogP contribution >= 0.6 is 0 Å². The van der Waals surface area contributed by atoms with Crippen molar-refractivity contribution in [2.75, 3.05) is 6.61 Å². The second kappa shape index (κ2) is 7.28. The number of carbonyl (C=O) groups is 1. The second-order valence-electron chi connectivity index (χ2n) is 7.78. The summed E-state index contributed by atoms with van der Waals surface area (Å²) in [4.78, 5) is 12.6. The molecule has 1 unspecified atom stereocenters. The fourth-order valence-corrected chi connectivity index (χ4v) is 3.18. The number of ketones is 1. The number of benzene rings is 2. The summed E-state index contributed by atoms with van der Waals surface area (Å²) in [5, 5.41) is 10.6. The lowest BCUT2D eigenvalue weighted by Crippen LogP contribution is -2.21. The van der Waals surface area contributed by atoms with Crippen LogP contribution in [0.15, 0.2) is 54.6 Å². The zero-order valence-electron chi connectivity index (χ0n) is 16.2. The molecular weight excluding hydrogens is 336 g/mol. The largest absolute Gasteiger partial charge is 0.486 e. The van der Waals surface area contributed by atoms with Crippen molar-refractivity contribution in [2.45, 2.75) is 32.1 Å². The molecule has 0 fully saturated rings. The van der Waals surface area contributed by atoms with Gasteiger partial charge < -0.3 is 9.30 Å². The zero-order valence-corrected chi connectivity index (χ0v) is 16.2. The van der Waals surface area contributed by atoms with E-state index in [0.717, 1.165) is 10.9 Å². The molecule has 0 bridgehead atoms. The molecular formula is C23H24N2O2. The number of hydrogen-bond acceptors (Lipinski definition) is 3. The van der Waals surface area contributed by atoms with E-state index in [1.165, 1.54) is 5.56 Å². The lowest BCUT2D eigenvalue weighted by Gasteiger charge is -2.19.